The Morgan fingerprint density at radius 3 is 2.84 bits per heavy atom. The van der Waals surface area contributed by atoms with Crippen LogP contribution in [-0.2, 0) is 0 Å². The van der Waals surface area contributed by atoms with Crippen molar-refractivity contribution in [2.24, 2.45) is 5.92 Å². The summed E-state index contributed by atoms with van der Waals surface area (Å²) < 4.78 is 1.71. The maximum Gasteiger partial charge on any atom is 0.276 e. The molecule has 1 saturated carbocycles. The van der Waals surface area contributed by atoms with E-state index in [2.05, 4.69) is 15.3 Å². The third kappa shape index (κ3) is 2.77. The van der Waals surface area contributed by atoms with Crippen LogP contribution in [0.15, 0.2) is 36.5 Å². The number of rotatable bonds is 4. The van der Waals surface area contributed by atoms with Crippen molar-refractivity contribution in [1.82, 2.24) is 24.9 Å². The topological polar surface area (TPSA) is 63.9 Å². The monoisotopic (exact) mass is 335 g/mol. The minimum atomic E-state index is -0.0659. The van der Waals surface area contributed by atoms with Crippen LogP contribution in [0.4, 0.5) is 0 Å². The SMILES string of the molecule is Cc1c(C(=O)N(C)CC2CCC2)nnn1-c1cccc2cccnc12. The summed E-state index contributed by atoms with van der Waals surface area (Å²) in [6.45, 7) is 2.67. The van der Waals surface area contributed by atoms with E-state index in [1.165, 1.54) is 19.3 Å². The first kappa shape index (κ1) is 15.7. The molecular weight excluding hydrogens is 314 g/mol. The molecule has 1 aliphatic rings. The smallest absolute Gasteiger partial charge is 0.276 e. The molecule has 4 rings (SSSR count). The van der Waals surface area contributed by atoms with Gasteiger partial charge in [-0.25, -0.2) is 4.68 Å². The van der Waals surface area contributed by atoms with Crippen molar-refractivity contribution in [3.63, 3.8) is 0 Å². The number of benzene rings is 1. The highest BCUT2D eigenvalue weighted by atomic mass is 16.2. The third-order valence-corrected chi connectivity index (χ3v) is 5.04. The van der Waals surface area contributed by atoms with Crippen LogP contribution in [-0.4, -0.2) is 44.4 Å². The Labute approximate surface area is 146 Å². The molecule has 3 aromatic rings. The van der Waals surface area contributed by atoms with E-state index in [9.17, 15) is 4.79 Å². The van der Waals surface area contributed by atoms with Crippen LogP contribution >= 0.6 is 0 Å². The van der Waals surface area contributed by atoms with Crippen LogP contribution in [0, 0.1) is 12.8 Å². The largest absolute Gasteiger partial charge is 0.340 e. The van der Waals surface area contributed by atoms with Crippen molar-refractivity contribution in [1.29, 1.82) is 0 Å². The van der Waals surface area contributed by atoms with Crippen molar-refractivity contribution in [3.8, 4) is 5.69 Å². The van der Waals surface area contributed by atoms with Crippen molar-refractivity contribution in [3.05, 3.63) is 47.9 Å². The van der Waals surface area contributed by atoms with Crippen LogP contribution in [0.3, 0.4) is 0 Å². The van der Waals surface area contributed by atoms with Crippen LogP contribution in [0.25, 0.3) is 16.6 Å². The molecule has 6 nitrogen and oxygen atoms in total. The number of pyridine rings is 1. The van der Waals surface area contributed by atoms with E-state index < -0.39 is 0 Å². The third-order valence-electron chi connectivity index (χ3n) is 5.04. The number of amides is 1. The molecule has 1 aliphatic carbocycles. The quantitative estimate of drug-likeness (QED) is 0.735. The average Bonchev–Trinajstić information content (AvgIpc) is 2.98. The molecular formula is C19H21N5O. The van der Waals surface area contributed by atoms with Gasteiger partial charge in [0, 0.05) is 25.2 Å². The lowest BCUT2D eigenvalue weighted by molar-refractivity contribution is 0.0738. The van der Waals surface area contributed by atoms with E-state index in [0.717, 1.165) is 28.8 Å². The molecule has 2 aromatic heterocycles. The number of nitrogens with zero attached hydrogens (tertiary/aromatic N) is 5. The second-order valence-corrected chi connectivity index (χ2v) is 6.77. The number of aromatic nitrogens is 4. The van der Waals surface area contributed by atoms with E-state index in [1.807, 2.05) is 44.3 Å². The fourth-order valence-corrected chi connectivity index (χ4v) is 3.34. The number of hydrogen-bond acceptors (Lipinski definition) is 4. The number of carbonyl (C=O) groups excluding carboxylic acids is 1. The van der Waals surface area contributed by atoms with Gasteiger partial charge in [-0.1, -0.05) is 29.8 Å². The first-order chi connectivity index (χ1) is 12.1. The summed E-state index contributed by atoms with van der Waals surface area (Å²) in [6, 6.07) is 9.84. The second-order valence-electron chi connectivity index (χ2n) is 6.77. The summed E-state index contributed by atoms with van der Waals surface area (Å²) in [5, 5.41) is 9.43. The molecule has 0 spiro atoms. The van der Waals surface area contributed by atoms with Gasteiger partial charge in [-0.05, 0) is 37.8 Å². The Hall–Kier alpha value is -2.76. The zero-order chi connectivity index (χ0) is 17.4. The Morgan fingerprint density at radius 1 is 1.28 bits per heavy atom. The molecule has 1 amide bonds. The average molecular weight is 335 g/mol. The molecule has 1 aromatic carbocycles. The maximum absolute atomic E-state index is 12.7. The van der Waals surface area contributed by atoms with E-state index in [4.69, 9.17) is 0 Å². The highest BCUT2D eigenvalue weighted by molar-refractivity contribution is 5.93. The van der Waals surface area contributed by atoms with Crippen molar-refractivity contribution in [2.45, 2.75) is 26.2 Å². The zero-order valence-corrected chi connectivity index (χ0v) is 14.5. The van der Waals surface area contributed by atoms with Gasteiger partial charge in [0.25, 0.3) is 5.91 Å². The summed E-state index contributed by atoms with van der Waals surface area (Å²) in [7, 11) is 1.85. The lowest BCUT2D eigenvalue weighted by Crippen LogP contribution is -2.34. The summed E-state index contributed by atoms with van der Waals surface area (Å²) in [6.07, 6.45) is 5.46. The number of para-hydroxylation sites is 1. The number of carbonyl (C=O) groups is 1. The molecule has 0 unspecified atom stereocenters. The Balaban J connectivity index is 1.67. The van der Waals surface area contributed by atoms with Crippen molar-refractivity contribution < 1.29 is 4.79 Å². The van der Waals surface area contributed by atoms with E-state index in [-0.39, 0.29) is 5.91 Å². The van der Waals surface area contributed by atoms with Gasteiger partial charge in [0.1, 0.15) is 0 Å². The summed E-state index contributed by atoms with van der Waals surface area (Å²) >= 11 is 0. The molecule has 25 heavy (non-hydrogen) atoms. The molecule has 6 heteroatoms. The molecule has 0 atom stereocenters. The Bertz CT molecular complexity index is 923. The standard InChI is InChI=1S/C19H21N5O/c1-13-17(19(25)23(2)12-14-6-3-7-14)21-22-24(13)16-10-4-8-15-9-5-11-20-18(15)16/h4-5,8-11,14H,3,6-7,12H2,1-2H3. The van der Waals surface area contributed by atoms with Crippen LogP contribution in [0.2, 0.25) is 0 Å². The predicted octanol–water partition coefficient (Wildman–Crippen LogP) is 3.00. The number of hydrogen-bond donors (Lipinski definition) is 0. The molecule has 2 heterocycles. The summed E-state index contributed by atoms with van der Waals surface area (Å²) in [4.78, 5) is 19.0. The molecule has 128 valence electrons. The van der Waals surface area contributed by atoms with E-state index >= 15 is 0 Å². The van der Waals surface area contributed by atoms with Crippen molar-refractivity contribution >= 4 is 16.8 Å². The molecule has 0 bridgehead atoms. The maximum atomic E-state index is 12.7. The second kappa shape index (κ2) is 6.27. The van der Waals surface area contributed by atoms with Gasteiger partial charge >= 0.3 is 0 Å². The minimum absolute atomic E-state index is 0.0659. The van der Waals surface area contributed by atoms with Gasteiger partial charge in [-0.15, -0.1) is 5.10 Å². The van der Waals surface area contributed by atoms with Crippen molar-refractivity contribution in [2.75, 3.05) is 13.6 Å². The highest BCUT2D eigenvalue weighted by Crippen LogP contribution is 2.27. The molecule has 0 aliphatic heterocycles. The Kier molecular flexibility index (Phi) is 3.95. The zero-order valence-electron chi connectivity index (χ0n) is 14.5. The van der Waals surface area contributed by atoms with Gasteiger partial charge in [-0.3, -0.25) is 9.78 Å². The Morgan fingerprint density at radius 2 is 2.08 bits per heavy atom. The number of fused-ring (bicyclic) bond motifs is 1. The van der Waals surface area contributed by atoms with Crippen LogP contribution in [0.5, 0.6) is 0 Å². The first-order valence-electron chi connectivity index (χ1n) is 8.67. The molecule has 0 radical (unpaired) electrons. The highest BCUT2D eigenvalue weighted by Gasteiger charge is 2.25. The van der Waals surface area contributed by atoms with E-state index in [0.29, 0.717) is 11.6 Å². The van der Waals surface area contributed by atoms with Crippen LogP contribution < -0.4 is 0 Å². The first-order valence-corrected chi connectivity index (χ1v) is 8.67. The van der Waals surface area contributed by atoms with Gasteiger partial charge in [0.2, 0.25) is 0 Å². The normalized spacial score (nSPS) is 14.5. The fraction of sp³-hybridized carbons (Fsp3) is 0.368. The summed E-state index contributed by atoms with van der Waals surface area (Å²) in [5.74, 6) is 0.565. The predicted molar refractivity (Wildman–Crippen MR) is 95.7 cm³/mol. The van der Waals surface area contributed by atoms with Crippen LogP contribution in [0.1, 0.15) is 35.4 Å². The lowest BCUT2D eigenvalue weighted by Gasteiger charge is -2.29. The van der Waals surface area contributed by atoms with Gasteiger partial charge in [-0.2, -0.15) is 0 Å². The van der Waals surface area contributed by atoms with Gasteiger partial charge in [0.15, 0.2) is 5.69 Å². The lowest BCUT2D eigenvalue weighted by atomic mass is 9.85. The fourth-order valence-electron chi connectivity index (χ4n) is 3.34. The molecule has 0 N–H and O–H groups in total. The van der Waals surface area contributed by atoms with Gasteiger partial charge < -0.3 is 4.90 Å². The summed E-state index contributed by atoms with van der Waals surface area (Å²) in [5.41, 5.74) is 2.84. The van der Waals surface area contributed by atoms with Gasteiger partial charge in [0.05, 0.1) is 16.9 Å². The molecule has 0 saturated heterocycles. The molecule has 1 fully saturated rings. The van der Waals surface area contributed by atoms with E-state index in [1.54, 1.807) is 15.8 Å². The minimum Gasteiger partial charge on any atom is -0.340 e.